The molecule has 0 bridgehead atoms. The van der Waals surface area contributed by atoms with Crippen LogP contribution in [0, 0.1) is 5.92 Å². The number of nitrogens with zero attached hydrogens (tertiary/aromatic N) is 2. The average Bonchev–Trinajstić information content (AvgIpc) is 2.70. The van der Waals surface area contributed by atoms with Gasteiger partial charge in [0.15, 0.2) is 0 Å². The Balaban J connectivity index is 1.31. The Kier molecular flexibility index (Phi) is 5.79. The molecule has 1 N–H and O–H groups in total. The van der Waals surface area contributed by atoms with Crippen molar-refractivity contribution in [2.75, 3.05) is 31.5 Å². The number of halogens is 1. The maximum absolute atomic E-state index is 12.6. The van der Waals surface area contributed by atoms with Crippen LogP contribution in [0.1, 0.15) is 24.0 Å². The van der Waals surface area contributed by atoms with Crippen molar-refractivity contribution >= 4 is 27.6 Å². The molecule has 0 spiro atoms. The van der Waals surface area contributed by atoms with E-state index in [0.717, 1.165) is 55.7 Å². The second-order valence-electron chi connectivity index (χ2n) is 7.65. The van der Waals surface area contributed by atoms with Crippen LogP contribution >= 0.6 is 15.9 Å². The molecule has 0 saturated carbocycles. The lowest BCUT2D eigenvalue weighted by Gasteiger charge is -2.37. The number of rotatable bonds is 3. The number of piperidine rings is 1. The molecule has 4 nitrogen and oxygen atoms in total. The van der Waals surface area contributed by atoms with Gasteiger partial charge in [0.1, 0.15) is 0 Å². The van der Waals surface area contributed by atoms with E-state index in [-0.39, 0.29) is 6.03 Å². The summed E-state index contributed by atoms with van der Waals surface area (Å²) in [7, 11) is 0. The van der Waals surface area contributed by atoms with Crippen molar-refractivity contribution in [1.29, 1.82) is 0 Å². The number of urea groups is 1. The number of carbonyl (C=O) groups excluding carboxylic acids is 1. The molecule has 2 aliphatic heterocycles. The smallest absolute Gasteiger partial charge is 0.321 e. The number of anilines is 1. The fraction of sp³-hybridized carbons (Fsp3) is 0.409. The topological polar surface area (TPSA) is 35.6 Å². The third-order valence-electron chi connectivity index (χ3n) is 5.63. The predicted octanol–water partition coefficient (Wildman–Crippen LogP) is 4.75. The first kappa shape index (κ1) is 18.5. The summed E-state index contributed by atoms with van der Waals surface area (Å²) in [5, 5.41) is 3.03. The summed E-state index contributed by atoms with van der Waals surface area (Å²) in [5.74, 6) is 0.555. The van der Waals surface area contributed by atoms with Crippen LogP contribution in [0.25, 0.3) is 0 Å². The zero-order valence-corrected chi connectivity index (χ0v) is 17.1. The summed E-state index contributed by atoms with van der Waals surface area (Å²) < 4.78 is 1.02. The van der Waals surface area contributed by atoms with E-state index in [2.05, 4.69) is 50.4 Å². The molecular weight excluding hydrogens is 402 g/mol. The Labute approximate surface area is 169 Å². The highest BCUT2D eigenvalue weighted by Crippen LogP contribution is 2.23. The highest BCUT2D eigenvalue weighted by Gasteiger charge is 2.26. The molecule has 2 heterocycles. The largest absolute Gasteiger partial charge is 0.324 e. The Hall–Kier alpha value is -1.85. The van der Waals surface area contributed by atoms with Crippen molar-refractivity contribution in [3.63, 3.8) is 0 Å². The van der Waals surface area contributed by atoms with Gasteiger partial charge in [-0.3, -0.25) is 4.90 Å². The summed E-state index contributed by atoms with van der Waals surface area (Å²) in [5.41, 5.74) is 3.80. The lowest BCUT2D eigenvalue weighted by Crippen LogP contribution is -2.46. The van der Waals surface area contributed by atoms with Crippen molar-refractivity contribution in [2.24, 2.45) is 5.92 Å². The number of carbonyl (C=O) groups is 1. The number of benzene rings is 2. The molecule has 2 amide bonds. The van der Waals surface area contributed by atoms with Gasteiger partial charge >= 0.3 is 6.03 Å². The lowest BCUT2D eigenvalue weighted by molar-refractivity contribution is 0.140. The quantitative estimate of drug-likeness (QED) is 0.766. The third-order valence-corrected chi connectivity index (χ3v) is 6.16. The Morgan fingerprint density at radius 3 is 2.67 bits per heavy atom. The number of hydrogen-bond acceptors (Lipinski definition) is 2. The molecule has 5 heteroatoms. The van der Waals surface area contributed by atoms with Crippen molar-refractivity contribution in [1.82, 2.24) is 9.80 Å². The molecule has 2 aromatic carbocycles. The minimum atomic E-state index is 0.0195. The second-order valence-corrected chi connectivity index (χ2v) is 8.56. The molecule has 0 radical (unpaired) electrons. The first-order chi connectivity index (χ1) is 13.2. The first-order valence-electron chi connectivity index (χ1n) is 9.78. The standard InChI is InChI=1S/C22H26BrN3O/c23-20-7-9-21(10-8-20)24-22(27)26-12-3-4-17(15-26)14-25-13-11-18-5-1-2-6-19(18)16-25/h1-2,5-10,17H,3-4,11-16H2,(H,24,27)/t17-/m0/s1. The second kappa shape index (κ2) is 8.44. The van der Waals surface area contributed by atoms with E-state index >= 15 is 0 Å². The van der Waals surface area contributed by atoms with Gasteiger partial charge in [0.05, 0.1) is 0 Å². The Bertz CT molecular complexity index is 792. The summed E-state index contributed by atoms with van der Waals surface area (Å²) in [6, 6.07) is 16.5. The monoisotopic (exact) mass is 427 g/mol. The van der Waals surface area contributed by atoms with Crippen LogP contribution in [-0.4, -0.2) is 42.0 Å². The normalized spacial score (nSPS) is 20.2. The summed E-state index contributed by atoms with van der Waals surface area (Å²) in [4.78, 5) is 17.2. The summed E-state index contributed by atoms with van der Waals surface area (Å²) in [6.45, 7) is 4.94. The van der Waals surface area contributed by atoms with Crippen molar-refractivity contribution in [2.45, 2.75) is 25.8 Å². The third kappa shape index (κ3) is 4.71. The van der Waals surface area contributed by atoms with E-state index < -0.39 is 0 Å². The molecule has 0 unspecified atom stereocenters. The molecule has 142 valence electrons. The number of fused-ring (bicyclic) bond motifs is 1. The molecule has 1 saturated heterocycles. The predicted molar refractivity (Wildman–Crippen MR) is 113 cm³/mol. The average molecular weight is 428 g/mol. The van der Waals surface area contributed by atoms with Gasteiger partial charge in [-0.25, -0.2) is 4.79 Å². The fourth-order valence-corrected chi connectivity index (χ4v) is 4.47. The van der Waals surface area contributed by atoms with Gasteiger partial charge in [0, 0.05) is 42.9 Å². The molecule has 0 aliphatic carbocycles. The Morgan fingerprint density at radius 1 is 1.07 bits per heavy atom. The molecule has 1 atom stereocenters. The fourth-order valence-electron chi connectivity index (χ4n) is 4.21. The maximum Gasteiger partial charge on any atom is 0.321 e. The van der Waals surface area contributed by atoms with Gasteiger partial charge in [-0.15, -0.1) is 0 Å². The van der Waals surface area contributed by atoms with Crippen LogP contribution in [0.2, 0.25) is 0 Å². The number of amides is 2. The van der Waals surface area contributed by atoms with E-state index in [9.17, 15) is 4.79 Å². The molecule has 2 aromatic rings. The highest BCUT2D eigenvalue weighted by molar-refractivity contribution is 9.10. The van der Waals surface area contributed by atoms with Crippen LogP contribution in [0.4, 0.5) is 10.5 Å². The van der Waals surface area contributed by atoms with E-state index in [0.29, 0.717) is 5.92 Å². The van der Waals surface area contributed by atoms with E-state index in [1.54, 1.807) is 0 Å². The van der Waals surface area contributed by atoms with Gasteiger partial charge in [-0.1, -0.05) is 40.2 Å². The minimum Gasteiger partial charge on any atom is -0.324 e. The van der Waals surface area contributed by atoms with Gasteiger partial charge in [-0.2, -0.15) is 0 Å². The minimum absolute atomic E-state index is 0.0195. The molecule has 27 heavy (non-hydrogen) atoms. The van der Waals surface area contributed by atoms with Crippen molar-refractivity contribution in [3.8, 4) is 0 Å². The molecule has 4 rings (SSSR count). The van der Waals surface area contributed by atoms with Crippen molar-refractivity contribution < 1.29 is 4.79 Å². The zero-order valence-electron chi connectivity index (χ0n) is 15.5. The van der Waals surface area contributed by atoms with Gasteiger partial charge in [0.2, 0.25) is 0 Å². The number of hydrogen-bond donors (Lipinski definition) is 1. The van der Waals surface area contributed by atoms with Gasteiger partial charge in [-0.05, 0) is 60.6 Å². The molecular formula is C22H26BrN3O. The molecule has 2 aliphatic rings. The van der Waals surface area contributed by atoms with Crippen LogP contribution in [-0.2, 0) is 13.0 Å². The SMILES string of the molecule is O=C(Nc1ccc(Br)cc1)N1CCC[C@@H](CN2CCc3ccccc3C2)C1. The van der Waals surface area contributed by atoms with E-state index in [1.165, 1.54) is 17.5 Å². The number of nitrogens with one attached hydrogen (secondary N) is 1. The zero-order chi connectivity index (χ0) is 18.6. The highest BCUT2D eigenvalue weighted by atomic mass is 79.9. The lowest BCUT2D eigenvalue weighted by atomic mass is 9.95. The number of likely N-dealkylation sites (tertiary alicyclic amines) is 1. The molecule has 1 fully saturated rings. The maximum atomic E-state index is 12.6. The van der Waals surface area contributed by atoms with Crippen LogP contribution in [0.15, 0.2) is 53.0 Å². The van der Waals surface area contributed by atoms with Crippen LogP contribution < -0.4 is 5.32 Å². The van der Waals surface area contributed by atoms with E-state index in [4.69, 9.17) is 0 Å². The Morgan fingerprint density at radius 2 is 1.85 bits per heavy atom. The van der Waals surface area contributed by atoms with Crippen molar-refractivity contribution in [3.05, 3.63) is 64.1 Å². The molecule has 0 aromatic heterocycles. The van der Waals surface area contributed by atoms with Gasteiger partial charge < -0.3 is 10.2 Å². The van der Waals surface area contributed by atoms with Crippen LogP contribution in [0.3, 0.4) is 0 Å². The van der Waals surface area contributed by atoms with E-state index in [1.807, 2.05) is 29.2 Å². The first-order valence-corrected chi connectivity index (χ1v) is 10.6. The summed E-state index contributed by atoms with van der Waals surface area (Å²) >= 11 is 3.43. The van der Waals surface area contributed by atoms with Gasteiger partial charge in [0.25, 0.3) is 0 Å². The summed E-state index contributed by atoms with van der Waals surface area (Å²) in [6.07, 6.45) is 3.43. The van der Waals surface area contributed by atoms with Crippen LogP contribution in [0.5, 0.6) is 0 Å².